The van der Waals surface area contributed by atoms with E-state index in [1.807, 2.05) is 21.9 Å². The average molecular weight is 379 g/mol. The number of likely N-dealkylation sites (tertiary alicyclic amines) is 1. The Morgan fingerprint density at radius 2 is 1.88 bits per heavy atom. The zero-order valence-electron chi connectivity index (χ0n) is 15.5. The molecule has 2 aliphatic rings. The van der Waals surface area contributed by atoms with Gasteiger partial charge in [0.25, 0.3) is 5.91 Å². The first kappa shape index (κ1) is 19.0. The van der Waals surface area contributed by atoms with Crippen LogP contribution in [0.5, 0.6) is 0 Å². The monoisotopic (exact) mass is 378 g/mol. The average Bonchev–Trinajstić information content (AvgIpc) is 3.13. The predicted molar refractivity (Wildman–Crippen MR) is 103 cm³/mol. The van der Waals surface area contributed by atoms with Gasteiger partial charge in [-0.3, -0.25) is 9.69 Å². The number of urea groups is 1. The molecule has 7 heteroatoms. The lowest BCUT2D eigenvalue weighted by Gasteiger charge is -2.45. The van der Waals surface area contributed by atoms with E-state index in [4.69, 9.17) is 11.6 Å². The second-order valence-electron chi connectivity index (χ2n) is 7.09. The van der Waals surface area contributed by atoms with E-state index in [1.165, 1.54) is 0 Å². The van der Waals surface area contributed by atoms with Crippen LogP contribution in [0.1, 0.15) is 30.1 Å². The summed E-state index contributed by atoms with van der Waals surface area (Å²) in [6.07, 6.45) is 1.99. The van der Waals surface area contributed by atoms with Gasteiger partial charge in [-0.2, -0.15) is 0 Å². The smallest absolute Gasteiger partial charge is 0.317 e. The third-order valence-electron chi connectivity index (χ3n) is 5.80. The summed E-state index contributed by atoms with van der Waals surface area (Å²) in [6.45, 7) is 6.81. The molecule has 1 aromatic carbocycles. The number of nitrogens with one attached hydrogen (secondary N) is 1. The van der Waals surface area contributed by atoms with Crippen LogP contribution in [0, 0.1) is 0 Å². The molecule has 3 rings (SSSR count). The van der Waals surface area contributed by atoms with Crippen LogP contribution in [0.25, 0.3) is 0 Å². The Morgan fingerprint density at radius 3 is 2.50 bits per heavy atom. The number of rotatable bonds is 3. The minimum absolute atomic E-state index is 0.00454. The SMILES string of the molecule is CCC1(N2CCN(C(=O)c3cccc(Cl)c3)CC2)CCN(C(=O)NC)C1. The number of hydrogen-bond donors (Lipinski definition) is 1. The van der Waals surface area contributed by atoms with E-state index in [2.05, 4.69) is 17.1 Å². The molecule has 1 N–H and O–H groups in total. The summed E-state index contributed by atoms with van der Waals surface area (Å²) in [4.78, 5) is 30.9. The minimum atomic E-state index is -0.00454. The van der Waals surface area contributed by atoms with Crippen LogP contribution < -0.4 is 5.32 Å². The highest BCUT2D eigenvalue weighted by Gasteiger charge is 2.44. The van der Waals surface area contributed by atoms with Crippen LogP contribution in [0.3, 0.4) is 0 Å². The van der Waals surface area contributed by atoms with Gasteiger partial charge in [0, 0.05) is 62.4 Å². The molecule has 1 unspecified atom stereocenters. The Hall–Kier alpha value is -1.79. The predicted octanol–water partition coefficient (Wildman–Crippen LogP) is 2.29. The van der Waals surface area contributed by atoms with Crippen molar-refractivity contribution in [3.63, 3.8) is 0 Å². The maximum Gasteiger partial charge on any atom is 0.317 e. The lowest BCUT2D eigenvalue weighted by molar-refractivity contribution is 0.0301. The van der Waals surface area contributed by atoms with Gasteiger partial charge in [-0.25, -0.2) is 4.79 Å². The second-order valence-corrected chi connectivity index (χ2v) is 7.53. The van der Waals surface area contributed by atoms with Gasteiger partial charge in [0.15, 0.2) is 0 Å². The van der Waals surface area contributed by atoms with Crippen molar-refractivity contribution in [3.05, 3.63) is 34.9 Å². The van der Waals surface area contributed by atoms with Gasteiger partial charge in [-0.1, -0.05) is 24.6 Å². The topological polar surface area (TPSA) is 55.9 Å². The number of amides is 3. The molecule has 6 nitrogen and oxygen atoms in total. The number of hydrogen-bond acceptors (Lipinski definition) is 3. The molecule has 0 saturated carbocycles. The molecule has 1 aromatic rings. The van der Waals surface area contributed by atoms with Crippen molar-refractivity contribution >= 4 is 23.5 Å². The van der Waals surface area contributed by atoms with Gasteiger partial charge < -0.3 is 15.1 Å². The molecule has 26 heavy (non-hydrogen) atoms. The molecular formula is C19H27ClN4O2. The summed E-state index contributed by atoms with van der Waals surface area (Å²) in [6, 6.07) is 7.12. The highest BCUT2D eigenvalue weighted by Crippen LogP contribution is 2.32. The highest BCUT2D eigenvalue weighted by molar-refractivity contribution is 6.30. The van der Waals surface area contributed by atoms with E-state index in [1.54, 1.807) is 19.2 Å². The van der Waals surface area contributed by atoms with Crippen molar-refractivity contribution in [1.82, 2.24) is 20.0 Å². The summed E-state index contributed by atoms with van der Waals surface area (Å²) < 4.78 is 0. The fourth-order valence-electron chi connectivity index (χ4n) is 4.15. The number of halogens is 1. The Bertz CT molecular complexity index is 675. The Balaban J connectivity index is 1.62. The molecule has 0 aliphatic carbocycles. The van der Waals surface area contributed by atoms with E-state index < -0.39 is 0 Å². The molecular weight excluding hydrogens is 352 g/mol. The van der Waals surface area contributed by atoms with Crippen LogP contribution in [0.4, 0.5) is 4.79 Å². The van der Waals surface area contributed by atoms with Crippen molar-refractivity contribution in [2.24, 2.45) is 0 Å². The Morgan fingerprint density at radius 1 is 1.15 bits per heavy atom. The van der Waals surface area contributed by atoms with Gasteiger partial charge in [0.05, 0.1) is 0 Å². The maximum atomic E-state index is 12.7. The van der Waals surface area contributed by atoms with Crippen LogP contribution in [-0.4, -0.2) is 78.5 Å². The van der Waals surface area contributed by atoms with E-state index in [0.717, 1.165) is 39.0 Å². The Kier molecular flexibility index (Phi) is 5.73. The van der Waals surface area contributed by atoms with Crippen molar-refractivity contribution < 1.29 is 9.59 Å². The molecule has 142 valence electrons. The van der Waals surface area contributed by atoms with Gasteiger partial charge in [0.1, 0.15) is 0 Å². The third kappa shape index (κ3) is 3.67. The summed E-state index contributed by atoms with van der Waals surface area (Å²) in [5.74, 6) is 0.0381. The van der Waals surface area contributed by atoms with Crippen molar-refractivity contribution in [1.29, 1.82) is 0 Å². The van der Waals surface area contributed by atoms with Crippen LogP contribution >= 0.6 is 11.6 Å². The van der Waals surface area contributed by atoms with Gasteiger partial charge in [-0.15, -0.1) is 0 Å². The van der Waals surface area contributed by atoms with Crippen molar-refractivity contribution in [2.75, 3.05) is 46.3 Å². The lowest BCUT2D eigenvalue weighted by atomic mass is 9.92. The van der Waals surface area contributed by atoms with E-state index in [9.17, 15) is 9.59 Å². The molecule has 0 spiro atoms. The number of nitrogens with zero attached hydrogens (tertiary/aromatic N) is 3. The number of piperazine rings is 1. The number of benzene rings is 1. The standard InChI is InChI=1S/C19H27ClN4O2/c1-3-19(7-8-23(14-19)18(26)21-2)24-11-9-22(10-12-24)17(25)15-5-4-6-16(20)13-15/h4-6,13H,3,7-12,14H2,1-2H3,(H,21,26). The van der Waals surface area contributed by atoms with Crippen LogP contribution in [-0.2, 0) is 0 Å². The molecule has 0 radical (unpaired) electrons. The molecule has 0 aromatic heterocycles. The van der Waals surface area contributed by atoms with Crippen LogP contribution in [0.2, 0.25) is 5.02 Å². The van der Waals surface area contributed by atoms with Gasteiger partial charge >= 0.3 is 6.03 Å². The molecule has 1 atom stereocenters. The molecule has 3 amide bonds. The Labute approximate surface area is 160 Å². The first-order valence-corrected chi connectivity index (χ1v) is 9.63. The molecule has 2 saturated heterocycles. The quantitative estimate of drug-likeness (QED) is 0.878. The molecule has 2 aliphatic heterocycles. The largest absolute Gasteiger partial charge is 0.341 e. The van der Waals surface area contributed by atoms with Crippen molar-refractivity contribution in [2.45, 2.75) is 25.3 Å². The summed E-state index contributed by atoms with van der Waals surface area (Å²) in [5.41, 5.74) is 0.667. The van der Waals surface area contributed by atoms with E-state index >= 15 is 0 Å². The van der Waals surface area contributed by atoms with Crippen LogP contribution in [0.15, 0.2) is 24.3 Å². The normalized spacial score (nSPS) is 24.0. The molecule has 2 fully saturated rings. The third-order valence-corrected chi connectivity index (χ3v) is 6.04. The lowest BCUT2D eigenvalue weighted by Crippen LogP contribution is -2.59. The van der Waals surface area contributed by atoms with Gasteiger partial charge in [0.2, 0.25) is 0 Å². The van der Waals surface area contributed by atoms with Gasteiger partial charge in [-0.05, 0) is 31.0 Å². The first-order valence-electron chi connectivity index (χ1n) is 9.25. The summed E-state index contributed by atoms with van der Waals surface area (Å²) in [7, 11) is 1.68. The minimum Gasteiger partial charge on any atom is -0.341 e. The first-order chi connectivity index (χ1) is 12.5. The van der Waals surface area contributed by atoms with E-state index in [0.29, 0.717) is 23.7 Å². The molecule has 0 bridgehead atoms. The number of carbonyl (C=O) groups excluding carboxylic acids is 2. The highest BCUT2D eigenvalue weighted by atomic mass is 35.5. The summed E-state index contributed by atoms with van der Waals surface area (Å²) in [5, 5.41) is 3.30. The summed E-state index contributed by atoms with van der Waals surface area (Å²) >= 11 is 6.01. The fraction of sp³-hybridized carbons (Fsp3) is 0.579. The van der Waals surface area contributed by atoms with Crippen molar-refractivity contribution in [3.8, 4) is 0 Å². The fourth-order valence-corrected chi connectivity index (χ4v) is 4.34. The molecule has 2 heterocycles. The zero-order valence-corrected chi connectivity index (χ0v) is 16.3. The number of carbonyl (C=O) groups is 2. The second kappa shape index (κ2) is 7.84. The zero-order chi connectivity index (χ0) is 18.7. The van der Waals surface area contributed by atoms with E-state index in [-0.39, 0.29) is 17.5 Å². The maximum absolute atomic E-state index is 12.7.